The fourth-order valence-corrected chi connectivity index (χ4v) is 1.76. The molecule has 0 unspecified atom stereocenters. The van der Waals surface area contributed by atoms with Crippen LogP contribution in [0.5, 0.6) is 5.75 Å². The van der Waals surface area contributed by atoms with Gasteiger partial charge in [0, 0.05) is 0 Å². The molecule has 0 aliphatic rings. The van der Waals surface area contributed by atoms with Gasteiger partial charge in [-0.2, -0.15) is 13.2 Å². The molecule has 0 N–H and O–H groups in total. The second kappa shape index (κ2) is 5.34. The van der Waals surface area contributed by atoms with Crippen molar-refractivity contribution in [2.75, 3.05) is 6.61 Å². The lowest BCUT2D eigenvalue weighted by atomic mass is 10.0. The highest BCUT2D eigenvalue weighted by molar-refractivity contribution is 5.64. The molecule has 0 aliphatic heterocycles. The number of hydrogen-bond donors (Lipinski definition) is 0. The Morgan fingerprint density at radius 1 is 0.842 bits per heavy atom. The highest BCUT2D eigenvalue weighted by Crippen LogP contribution is 2.31. The summed E-state index contributed by atoms with van der Waals surface area (Å²) < 4.78 is 42.6. The summed E-state index contributed by atoms with van der Waals surface area (Å²) >= 11 is 0. The molecular formula is C15H13F3O. The van der Waals surface area contributed by atoms with Crippen LogP contribution in [0.3, 0.4) is 0 Å². The maximum atomic E-state index is 12.4. The van der Waals surface area contributed by atoms with Crippen molar-refractivity contribution in [1.82, 2.24) is 0 Å². The monoisotopic (exact) mass is 266 g/mol. The second-order valence-electron chi connectivity index (χ2n) is 4.03. The van der Waals surface area contributed by atoms with Crippen LogP contribution in [0.4, 0.5) is 13.2 Å². The number of ether oxygens (including phenoxy) is 1. The predicted octanol–water partition coefficient (Wildman–Crippen LogP) is 4.77. The van der Waals surface area contributed by atoms with Gasteiger partial charge in [-0.05, 0) is 42.3 Å². The van der Waals surface area contributed by atoms with Crippen molar-refractivity contribution in [3.05, 3.63) is 54.1 Å². The molecule has 0 radical (unpaired) electrons. The first-order valence-corrected chi connectivity index (χ1v) is 5.91. The topological polar surface area (TPSA) is 9.23 Å². The molecule has 100 valence electrons. The molecular weight excluding hydrogens is 253 g/mol. The van der Waals surface area contributed by atoms with E-state index in [4.69, 9.17) is 4.74 Å². The third-order valence-corrected chi connectivity index (χ3v) is 2.71. The molecule has 2 aromatic carbocycles. The third kappa shape index (κ3) is 3.28. The van der Waals surface area contributed by atoms with Gasteiger partial charge in [0.2, 0.25) is 0 Å². The van der Waals surface area contributed by atoms with E-state index >= 15 is 0 Å². The van der Waals surface area contributed by atoms with Gasteiger partial charge in [-0.1, -0.05) is 24.3 Å². The Morgan fingerprint density at radius 2 is 1.32 bits per heavy atom. The lowest BCUT2D eigenvalue weighted by Crippen LogP contribution is -2.03. The van der Waals surface area contributed by atoms with Gasteiger partial charge < -0.3 is 4.74 Å². The van der Waals surface area contributed by atoms with Crippen LogP contribution in [0.1, 0.15) is 12.5 Å². The summed E-state index contributed by atoms with van der Waals surface area (Å²) in [5, 5.41) is 0. The number of halogens is 3. The summed E-state index contributed by atoms with van der Waals surface area (Å²) in [6.45, 7) is 2.48. The van der Waals surface area contributed by atoms with E-state index in [1.54, 1.807) is 12.1 Å². The largest absolute Gasteiger partial charge is 0.494 e. The summed E-state index contributed by atoms with van der Waals surface area (Å²) in [4.78, 5) is 0. The summed E-state index contributed by atoms with van der Waals surface area (Å²) in [7, 11) is 0. The van der Waals surface area contributed by atoms with E-state index in [0.717, 1.165) is 29.0 Å². The molecule has 0 saturated heterocycles. The fourth-order valence-electron chi connectivity index (χ4n) is 1.76. The molecule has 4 heteroatoms. The average molecular weight is 266 g/mol. The van der Waals surface area contributed by atoms with Gasteiger partial charge in [0.25, 0.3) is 0 Å². The van der Waals surface area contributed by atoms with Gasteiger partial charge in [0.15, 0.2) is 0 Å². The van der Waals surface area contributed by atoms with Gasteiger partial charge >= 0.3 is 6.18 Å². The van der Waals surface area contributed by atoms with Crippen LogP contribution in [-0.2, 0) is 6.18 Å². The highest BCUT2D eigenvalue weighted by Gasteiger charge is 2.29. The zero-order valence-electron chi connectivity index (χ0n) is 10.4. The van der Waals surface area contributed by atoms with Crippen LogP contribution >= 0.6 is 0 Å². The van der Waals surface area contributed by atoms with Crippen molar-refractivity contribution >= 4 is 0 Å². The number of benzene rings is 2. The molecule has 2 rings (SSSR count). The van der Waals surface area contributed by atoms with Crippen molar-refractivity contribution in [2.24, 2.45) is 0 Å². The summed E-state index contributed by atoms with van der Waals surface area (Å²) in [5.41, 5.74) is 0.968. The molecule has 19 heavy (non-hydrogen) atoms. The van der Waals surface area contributed by atoms with E-state index in [1.807, 2.05) is 19.1 Å². The van der Waals surface area contributed by atoms with Crippen LogP contribution < -0.4 is 4.74 Å². The van der Waals surface area contributed by atoms with Gasteiger partial charge in [-0.15, -0.1) is 0 Å². The van der Waals surface area contributed by atoms with Crippen LogP contribution in [0, 0.1) is 0 Å². The Balaban J connectivity index is 2.22. The lowest BCUT2D eigenvalue weighted by Gasteiger charge is -2.08. The number of rotatable bonds is 3. The molecule has 1 nitrogen and oxygen atoms in total. The highest BCUT2D eigenvalue weighted by atomic mass is 19.4. The minimum atomic E-state index is -4.29. The van der Waals surface area contributed by atoms with Crippen LogP contribution in [0.25, 0.3) is 11.1 Å². The molecule has 0 amide bonds. The van der Waals surface area contributed by atoms with E-state index in [9.17, 15) is 13.2 Å². The Labute approximate surface area is 109 Å². The predicted molar refractivity (Wildman–Crippen MR) is 68.0 cm³/mol. The van der Waals surface area contributed by atoms with Crippen LogP contribution in [0.2, 0.25) is 0 Å². The summed E-state index contributed by atoms with van der Waals surface area (Å²) in [6, 6.07) is 12.4. The normalized spacial score (nSPS) is 11.4. The molecule has 0 atom stereocenters. The first kappa shape index (κ1) is 13.5. The quantitative estimate of drug-likeness (QED) is 0.777. The molecule has 0 heterocycles. The summed E-state index contributed by atoms with van der Waals surface area (Å²) in [6.07, 6.45) is -4.29. The van der Waals surface area contributed by atoms with E-state index in [1.165, 1.54) is 12.1 Å². The standard InChI is InChI=1S/C15H13F3O/c1-2-19-14-9-5-12(6-10-14)11-3-7-13(8-4-11)15(16,17)18/h3-10H,2H2,1H3. The van der Waals surface area contributed by atoms with E-state index in [-0.39, 0.29) is 0 Å². The molecule has 0 spiro atoms. The van der Waals surface area contributed by atoms with Gasteiger partial charge in [-0.3, -0.25) is 0 Å². The Kier molecular flexibility index (Phi) is 3.79. The molecule has 2 aromatic rings. The van der Waals surface area contributed by atoms with Crippen molar-refractivity contribution in [3.8, 4) is 16.9 Å². The Hall–Kier alpha value is -1.97. The first-order valence-electron chi connectivity index (χ1n) is 5.91. The zero-order chi connectivity index (χ0) is 13.9. The SMILES string of the molecule is CCOc1ccc(-c2ccc(C(F)(F)F)cc2)cc1. The minimum absolute atomic E-state index is 0.583. The van der Waals surface area contributed by atoms with Crippen molar-refractivity contribution in [1.29, 1.82) is 0 Å². The molecule has 0 aromatic heterocycles. The molecule has 0 fully saturated rings. The molecule has 0 bridgehead atoms. The van der Waals surface area contributed by atoms with Crippen LogP contribution in [-0.4, -0.2) is 6.61 Å². The Morgan fingerprint density at radius 3 is 1.74 bits per heavy atom. The maximum Gasteiger partial charge on any atom is 0.416 e. The van der Waals surface area contributed by atoms with Crippen molar-refractivity contribution in [2.45, 2.75) is 13.1 Å². The second-order valence-corrected chi connectivity index (χ2v) is 4.03. The van der Waals surface area contributed by atoms with Crippen molar-refractivity contribution < 1.29 is 17.9 Å². The molecule has 0 saturated carbocycles. The average Bonchev–Trinajstić information content (AvgIpc) is 2.39. The fraction of sp³-hybridized carbons (Fsp3) is 0.200. The smallest absolute Gasteiger partial charge is 0.416 e. The zero-order valence-corrected chi connectivity index (χ0v) is 10.4. The van der Waals surface area contributed by atoms with Gasteiger partial charge in [-0.25, -0.2) is 0 Å². The number of alkyl halides is 3. The van der Waals surface area contributed by atoms with Crippen molar-refractivity contribution in [3.63, 3.8) is 0 Å². The van der Waals surface area contributed by atoms with E-state index in [2.05, 4.69) is 0 Å². The third-order valence-electron chi connectivity index (χ3n) is 2.71. The Bertz CT molecular complexity index is 527. The van der Waals surface area contributed by atoms with E-state index < -0.39 is 11.7 Å². The van der Waals surface area contributed by atoms with E-state index in [0.29, 0.717) is 6.61 Å². The minimum Gasteiger partial charge on any atom is -0.494 e. The summed E-state index contributed by atoms with van der Waals surface area (Å²) in [5.74, 6) is 0.748. The van der Waals surface area contributed by atoms with Gasteiger partial charge in [0.05, 0.1) is 12.2 Å². The van der Waals surface area contributed by atoms with Gasteiger partial charge in [0.1, 0.15) is 5.75 Å². The number of hydrogen-bond acceptors (Lipinski definition) is 1. The lowest BCUT2D eigenvalue weighted by molar-refractivity contribution is -0.137. The molecule has 0 aliphatic carbocycles. The maximum absolute atomic E-state index is 12.4. The first-order chi connectivity index (χ1) is 9.00. The van der Waals surface area contributed by atoms with Crippen LogP contribution in [0.15, 0.2) is 48.5 Å².